The highest BCUT2D eigenvalue weighted by atomic mass is 16.5. The molecule has 28 heavy (non-hydrogen) atoms. The number of carbonyl (C=O) groups is 1. The second kappa shape index (κ2) is 6.93. The quantitative estimate of drug-likeness (QED) is 0.856. The van der Waals surface area contributed by atoms with Crippen molar-refractivity contribution in [3.05, 3.63) is 65.2 Å². The van der Waals surface area contributed by atoms with E-state index < -0.39 is 5.60 Å². The van der Waals surface area contributed by atoms with Crippen LogP contribution in [-0.2, 0) is 5.41 Å². The Labute approximate surface area is 167 Å². The third-order valence-electron chi connectivity index (χ3n) is 6.14. The molecular formula is C24H29NO3. The molecule has 0 radical (unpaired) electrons. The first-order chi connectivity index (χ1) is 13.3. The number of aliphatic hydroxyl groups is 1. The Kier molecular flexibility index (Phi) is 4.70. The van der Waals surface area contributed by atoms with Crippen LogP contribution in [0.2, 0.25) is 0 Å². The molecule has 1 saturated carbocycles. The molecule has 2 fully saturated rings. The summed E-state index contributed by atoms with van der Waals surface area (Å²) in [4.78, 5) is 15.0. The maximum absolute atomic E-state index is 13.0. The highest BCUT2D eigenvalue weighted by molar-refractivity contribution is 5.94. The third-order valence-corrected chi connectivity index (χ3v) is 6.14. The number of aryl methyl sites for hydroxylation is 1. The smallest absolute Gasteiger partial charge is 0.253 e. The molecule has 1 N–H and O–H groups in total. The van der Waals surface area contributed by atoms with Crippen LogP contribution in [0, 0.1) is 12.8 Å². The first kappa shape index (κ1) is 19.0. The average Bonchev–Trinajstić information content (AvgIpc) is 3.41. The van der Waals surface area contributed by atoms with E-state index >= 15 is 0 Å². The van der Waals surface area contributed by atoms with E-state index in [1.807, 2.05) is 30.0 Å². The molecule has 1 saturated heterocycles. The number of likely N-dealkylation sites (tertiary alicyclic amines) is 1. The van der Waals surface area contributed by atoms with Crippen LogP contribution in [0.1, 0.15) is 48.2 Å². The largest absolute Gasteiger partial charge is 0.490 e. The van der Waals surface area contributed by atoms with Gasteiger partial charge in [-0.25, -0.2) is 0 Å². The Hall–Kier alpha value is -2.33. The van der Waals surface area contributed by atoms with E-state index in [9.17, 15) is 9.90 Å². The number of hydrogen-bond acceptors (Lipinski definition) is 3. The van der Waals surface area contributed by atoms with Gasteiger partial charge in [0.2, 0.25) is 0 Å². The fourth-order valence-electron chi connectivity index (χ4n) is 4.45. The van der Waals surface area contributed by atoms with E-state index in [1.54, 1.807) is 13.8 Å². The molecule has 1 heterocycles. The summed E-state index contributed by atoms with van der Waals surface area (Å²) >= 11 is 0. The van der Waals surface area contributed by atoms with E-state index in [-0.39, 0.29) is 12.5 Å². The number of rotatable bonds is 5. The van der Waals surface area contributed by atoms with Crippen molar-refractivity contribution in [1.29, 1.82) is 0 Å². The SMILES string of the molecule is Cc1cc(C(=O)N2CC[C@]3(c4ccccc4)C[C@@H]3C2)ccc1OCC(C)(C)O. The van der Waals surface area contributed by atoms with Gasteiger partial charge < -0.3 is 14.7 Å². The molecule has 1 aliphatic heterocycles. The van der Waals surface area contributed by atoms with Crippen molar-refractivity contribution < 1.29 is 14.6 Å². The Bertz CT molecular complexity index is 871. The van der Waals surface area contributed by atoms with Crippen molar-refractivity contribution in [3.63, 3.8) is 0 Å². The van der Waals surface area contributed by atoms with Gasteiger partial charge in [0.25, 0.3) is 5.91 Å². The maximum atomic E-state index is 13.0. The van der Waals surface area contributed by atoms with E-state index in [0.717, 1.165) is 25.1 Å². The third kappa shape index (κ3) is 3.66. The number of carbonyl (C=O) groups excluding carboxylic acids is 1. The van der Waals surface area contributed by atoms with Crippen LogP contribution >= 0.6 is 0 Å². The topological polar surface area (TPSA) is 49.8 Å². The first-order valence-electron chi connectivity index (χ1n) is 10.1. The maximum Gasteiger partial charge on any atom is 0.253 e. The van der Waals surface area contributed by atoms with Gasteiger partial charge in [-0.05, 0) is 68.9 Å². The number of fused-ring (bicyclic) bond motifs is 1. The van der Waals surface area contributed by atoms with Gasteiger partial charge >= 0.3 is 0 Å². The van der Waals surface area contributed by atoms with Crippen LogP contribution in [0.15, 0.2) is 48.5 Å². The fraction of sp³-hybridized carbons (Fsp3) is 0.458. The number of hydrogen-bond donors (Lipinski definition) is 1. The molecule has 4 rings (SSSR count). The van der Waals surface area contributed by atoms with Gasteiger partial charge in [0.1, 0.15) is 12.4 Å². The molecule has 0 unspecified atom stereocenters. The van der Waals surface area contributed by atoms with E-state index in [0.29, 0.717) is 22.6 Å². The zero-order chi connectivity index (χ0) is 19.9. The Morgan fingerprint density at radius 1 is 1.25 bits per heavy atom. The minimum Gasteiger partial charge on any atom is -0.490 e. The van der Waals surface area contributed by atoms with E-state index in [4.69, 9.17) is 4.74 Å². The van der Waals surface area contributed by atoms with Crippen molar-refractivity contribution in [3.8, 4) is 5.75 Å². The van der Waals surface area contributed by atoms with Crippen molar-refractivity contribution in [2.75, 3.05) is 19.7 Å². The Morgan fingerprint density at radius 2 is 2.00 bits per heavy atom. The molecule has 2 aliphatic rings. The molecular weight excluding hydrogens is 350 g/mol. The molecule has 1 amide bonds. The van der Waals surface area contributed by atoms with Gasteiger partial charge in [-0.15, -0.1) is 0 Å². The summed E-state index contributed by atoms with van der Waals surface area (Å²) in [7, 11) is 0. The predicted octanol–water partition coefficient (Wildman–Crippen LogP) is 3.95. The molecule has 0 spiro atoms. The summed E-state index contributed by atoms with van der Waals surface area (Å²) in [6, 6.07) is 16.3. The van der Waals surface area contributed by atoms with Gasteiger partial charge in [-0.1, -0.05) is 30.3 Å². The van der Waals surface area contributed by atoms with Crippen LogP contribution in [0.25, 0.3) is 0 Å². The number of amides is 1. The standard InChI is InChI=1S/C24H29NO3/c1-17-13-18(9-10-21(17)28-16-23(2,3)27)22(26)25-12-11-24(14-20(24)15-25)19-7-5-4-6-8-19/h4-10,13,20,27H,11-12,14-16H2,1-3H3/t20-,24-/m1/s1. The minimum absolute atomic E-state index is 0.102. The van der Waals surface area contributed by atoms with Crippen molar-refractivity contribution in [1.82, 2.24) is 4.90 Å². The van der Waals surface area contributed by atoms with Crippen LogP contribution in [-0.4, -0.2) is 41.2 Å². The molecule has 4 heteroatoms. The van der Waals surface area contributed by atoms with Gasteiger partial charge in [-0.3, -0.25) is 4.79 Å². The second-order valence-electron chi connectivity index (χ2n) is 9.01. The molecule has 0 bridgehead atoms. The molecule has 2 aromatic rings. The Balaban J connectivity index is 1.42. The van der Waals surface area contributed by atoms with E-state index in [2.05, 4.69) is 30.3 Å². The average molecular weight is 380 g/mol. The summed E-state index contributed by atoms with van der Waals surface area (Å²) < 4.78 is 5.69. The molecule has 0 aromatic heterocycles. The van der Waals surface area contributed by atoms with Crippen LogP contribution < -0.4 is 4.74 Å². The molecule has 148 valence electrons. The van der Waals surface area contributed by atoms with Crippen LogP contribution in [0.4, 0.5) is 0 Å². The highest BCUT2D eigenvalue weighted by Gasteiger charge is 2.57. The minimum atomic E-state index is -0.885. The predicted molar refractivity (Wildman–Crippen MR) is 110 cm³/mol. The molecule has 1 aliphatic carbocycles. The van der Waals surface area contributed by atoms with Crippen molar-refractivity contribution >= 4 is 5.91 Å². The lowest BCUT2D eigenvalue weighted by atomic mass is 9.87. The highest BCUT2D eigenvalue weighted by Crippen LogP contribution is 2.59. The van der Waals surface area contributed by atoms with Crippen molar-refractivity contribution in [2.45, 2.75) is 44.6 Å². The summed E-state index contributed by atoms with van der Waals surface area (Å²) in [5.41, 5.74) is 2.46. The van der Waals surface area contributed by atoms with Crippen LogP contribution in [0.5, 0.6) is 5.75 Å². The van der Waals surface area contributed by atoms with E-state index in [1.165, 1.54) is 12.0 Å². The lowest BCUT2D eigenvalue weighted by molar-refractivity contribution is 0.0282. The summed E-state index contributed by atoms with van der Waals surface area (Å²) in [6.45, 7) is 7.22. The van der Waals surface area contributed by atoms with Gasteiger partial charge in [0, 0.05) is 24.1 Å². The second-order valence-corrected chi connectivity index (χ2v) is 9.01. The zero-order valence-corrected chi connectivity index (χ0v) is 16.9. The van der Waals surface area contributed by atoms with Crippen molar-refractivity contribution in [2.24, 2.45) is 5.92 Å². The Morgan fingerprint density at radius 3 is 2.64 bits per heavy atom. The molecule has 4 nitrogen and oxygen atoms in total. The summed E-state index contributed by atoms with van der Waals surface area (Å²) in [5.74, 6) is 1.39. The first-order valence-corrected chi connectivity index (χ1v) is 10.1. The normalized spacial score (nSPS) is 23.9. The van der Waals surface area contributed by atoms with Gasteiger partial charge in [-0.2, -0.15) is 0 Å². The lowest BCUT2D eigenvalue weighted by Crippen LogP contribution is -2.40. The number of piperidine rings is 1. The monoisotopic (exact) mass is 379 g/mol. The number of nitrogens with zero attached hydrogens (tertiary/aromatic N) is 1. The van der Waals surface area contributed by atoms with Gasteiger partial charge in [0.05, 0.1) is 5.60 Å². The number of benzene rings is 2. The molecule has 2 aromatic carbocycles. The summed E-state index contributed by atoms with van der Waals surface area (Å²) in [5, 5.41) is 9.83. The van der Waals surface area contributed by atoms with Crippen LogP contribution in [0.3, 0.4) is 0 Å². The lowest BCUT2D eigenvalue weighted by Gasteiger charge is -2.32. The molecule has 2 atom stereocenters. The fourth-order valence-corrected chi connectivity index (χ4v) is 4.45. The van der Waals surface area contributed by atoms with Gasteiger partial charge in [0.15, 0.2) is 0 Å². The number of ether oxygens (including phenoxy) is 1. The zero-order valence-electron chi connectivity index (χ0n) is 16.9. The summed E-state index contributed by atoms with van der Waals surface area (Å²) in [6.07, 6.45) is 2.22.